The average molecular weight is 333 g/mol. The second-order valence-corrected chi connectivity index (χ2v) is 5.94. The Morgan fingerprint density at radius 2 is 2.17 bits per heavy atom. The highest BCUT2D eigenvalue weighted by atomic mass is 16.5. The Kier molecular flexibility index (Phi) is 4.84. The van der Waals surface area contributed by atoms with Gasteiger partial charge in [0.1, 0.15) is 5.82 Å². The summed E-state index contributed by atoms with van der Waals surface area (Å²) in [7, 11) is 0. The molecule has 2 amide bonds. The zero-order valence-corrected chi connectivity index (χ0v) is 13.8. The van der Waals surface area contributed by atoms with Crippen molar-refractivity contribution in [2.24, 2.45) is 0 Å². The van der Waals surface area contributed by atoms with Gasteiger partial charge in [0.15, 0.2) is 17.7 Å². The molecular formula is C16H23N5O3. The van der Waals surface area contributed by atoms with Crippen molar-refractivity contribution in [2.45, 2.75) is 25.9 Å². The minimum atomic E-state index is -0.544. The first-order valence-electron chi connectivity index (χ1n) is 8.33. The number of nitrogen functional groups attached to an aromatic ring is 1. The third-order valence-electron chi connectivity index (χ3n) is 4.32. The number of rotatable bonds is 4. The van der Waals surface area contributed by atoms with Gasteiger partial charge in [0.2, 0.25) is 5.91 Å². The maximum atomic E-state index is 12.6. The number of nitrogens with zero attached hydrogens (tertiary/aromatic N) is 3. The Hall–Kier alpha value is -2.35. The second-order valence-electron chi connectivity index (χ2n) is 5.94. The summed E-state index contributed by atoms with van der Waals surface area (Å²) in [4.78, 5) is 32.6. The molecule has 3 rings (SSSR count). The number of carbonyl (C=O) groups is 2. The van der Waals surface area contributed by atoms with E-state index in [1.165, 1.54) is 4.90 Å². The van der Waals surface area contributed by atoms with Crippen molar-refractivity contribution in [3.05, 3.63) is 12.1 Å². The van der Waals surface area contributed by atoms with Crippen molar-refractivity contribution in [3.63, 3.8) is 0 Å². The highest BCUT2D eigenvalue weighted by molar-refractivity contribution is 5.99. The Labute approximate surface area is 140 Å². The van der Waals surface area contributed by atoms with Crippen LogP contribution in [0.15, 0.2) is 12.1 Å². The first kappa shape index (κ1) is 16.5. The van der Waals surface area contributed by atoms with E-state index in [0.717, 1.165) is 13.1 Å². The van der Waals surface area contributed by atoms with Crippen LogP contribution in [0, 0.1) is 0 Å². The monoisotopic (exact) mass is 333 g/mol. The van der Waals surface area contributed by atoms with Crippen molar-refractivity contribution in [1.29, 1.82) is 0 Å². The molecule has 1 atom stereocenters. The molecule has 0 aromatic carbocycles. The van der Waals surface area contributed by atoms with Crippen LogP contribution in [0.1, 0.15) is 19.8 Å². The quantitative estimate of drug-likeness (QED) is 0.804. The predicted octanol–water partition coefficient (Wildman–Crippen LogP) is -0.0103. The zero-order chi connectivity index (χ0) is 17.1. The van der Waals surface area contributed by atoms with E-state index in [-0.39, 0.29) is 24.8 Å². The van der Waals surface area contributed by atoms with Crippen molar-refractivity contribution in [3.8, 4) is 5.75 Å². The second kappa shape index (κ2) is 7.04. The van der Waals surface area contributed by atoms with Crippen LogP contribution in [0.3, 0.4) is 0 Å². The molecule has 2 aliphatic rings. The van der Waals surface area contributed by atoms with E-state index >= 15 is 0 Å². The molecule has 0 saturated carbocycles. The molecule has 1 unspecified atom stereocenters. The van der Waals surface area contributed by atoms with Gasteiger partial charge < -0.3 is 20.7 Å². The van der Waals surface area contributed by atoms with Crippen LogP contribution in [0.4, 0.5) is 11.6 Å². The zero-order valence-electron chi connectivity index (χ0n) is 13.8. The molecule has 3 heterocycles. The Balaban J connectivity index is 1.74. The van der Waals surface area contributed by atoms with E-state index in [9.17, 15) is 9.59 Å². The van der Waals surface area contributed by atoms with Gasteiger partial charge in [-0.05, 0) is 18.6 Å². The summed E-state index contributed by atoms with van der Waals surface area (Å²) in [5, 5.41) is 3.22. The Morgan fingerprint density at radius 3 is 2.88 bits per heavy atom. The Morgan fingerprint density at radius 1 is 1.42 bits per heavy atom. The summed E-state index contributed by atoms with van der Waals surface area (Å²) >= 11 is 0. The van der Waals surface area contributed by atoms with E-state index in [0.29, 0.717) is 36.9 Å². The summed E-state index contributed by atoms with van der Waals surface area (Å²) in [6.07, 6.45) is 0.278. The molecule has 8 nitrogen and oxygen atoms in total. The van der Waals surface area contributed by atoms with Gasteiger partial charge in [0.25, 0.3) is 5.91 Å². The van der Waals surface area contributed by atoms with Crippen molar-refractivity contribution in [1.82, 2.24) is 15.2 Å². The van der Waals surface area contributed by atoms with E-state index in [1.807, 2.05) is 11.8 Å². The summed E-state index contributed by atoms with van der Waals surface area (Å²) < 4.78 is 5.69. The summed E-state index contributed by atoms with van der Waals surface area (Å²) in [5.41, 5.74) is 5.74. The molecule has 8 heteroatoms. The molecule has 1 aromatic rings. The molecule has 0 aliphatic carbocycles. The van der Waals surface area contributed by atoms with E-state index in [2.05, 4.69) is 10.3 Å². The fourth-order valence-corrected chi connectivity index (χ4v) is 2.97. The number of carbonyl (C=O) groups excluding carboxylic acids is 2. The number of hydrogen-bond donors (Lipinski definition) is 2. The maximum Gasteiger partial charge on any atom is 0.269 e. The fourth-order valence-electron chi connectivity index (χ4n) is 2.97. The van der Waals surface area contributed by atoms with E-state index in [1.54, 1.807) is 12.1 Å². The number of amides is 2. The Bertz CT molecular complexity index is 630. The van der Waals surface area contributed by atoms with Crippen molar-refractivity contribution >= 4 is 23.5 Å². The van der Waals surface area contributed by atoms with Crippen LogP contribution in [0.5, 0.6) is 5.75 Å². The molecule has 0 radical (unpaired) electrons. The third-order valence-corrected chi connectivity index (χ3v) is 4.32. The normalized spacial score (nSPS) is 20.5. The van der Waals surface area contributed by atoms with Gasteiger partial charge in [-0.3, -0.25) is 14.5 Å². The van der Waals surface area contributed by atoms with Crippen LogP contribution in [-0.4, -0.2) is 60.5 Å². The molecule has 2 aliphatic heterocycles. The van der Waals surface area contributed by atoms with Gasteiger partial charge >= 0.3 is 0 Å². The molecule has 1 aromatic heterocycles. The van der Waals surface area contributed by atoms with Gasteiger partial charge in [-0.2, -0.15) is 0 Å². The van der Waals surface area contributed by atoms with Crippen LogP contribution < -0.4 is 20.7 Å². The fraction of sp³-hybridized carbons (Fsp3) is 0.562. The third kappa shape index (κ3) is 3.28. The smallest absolute Gasteiger partial charge is 0.269 e. The minimum Gasteiger partial charge on any atom is -0.477 e. The van der Waals surface area contributed by atoms with Crippen LogP contribution >= 0.6 is 0 Å². The molecular weight excluding hydrogens is 310 g/mol. The standard InChI is InChI=1S/C16H23N5O3/c1-2-11-16(23)21(15-12(24-11)3-4-13(17)19-15)8-5-14(22)20-9-6-18-7-10-20/h3-4,11,18H,2,5-10H2,1H3,(H2,17,19). The molecule has 0 spiro atoms. The van der Waals surface area contributed by atoms with Crippen LogP contribution in [0.25, 0.3) is 0 Å². The molecule has 3 N–H and O–H groups in total. The first-order valence-corrected chi connectivity index (χ1v) is 8.33. The lowest BCUT2D eigenvalue weighted by Gasteiger charge is -2.34. The molecule has 1 fully saturated rings. The molecule has 130 valence electrons. The predicted molar refractivity (Wildman–Crippen MR) is 89.8 cm³/mol. The lowest BCUT2D eigenvalue weighted by molar-refractivity contribution is -0.131. The summed E-state index contributed by atoms with van der Waals surface area (Å²) in [6, 6.07) is 3.36. The largest absolute Gasteiger partial charge is 0.477 e. The highest BCUT2D eigenvalue weighted by Crippen LogP contribution is 2.33. The first-order chi connectivity index (χ1) is 11.6. The number of fused-ring (bicyclic) bond motifs is 1. The number of aromatic nitrogens is 1. The molecule has 0 bridgehead atoms. The van der Waals surface area contributed by atoms with Gasteiger partial charge in [0, 0.05) is 39.1 Å². The number of ether oxygens (including phenoxy) is 1. The van der Waals surface area contributed by atoms with Gasteiger partial charge in [-0.1, -0.05) is 6.92 Å². The number of piperazine rings is 1. The van der Waals surface area contributed by atoms with Gasteiger partial charge in [0.05, 0.1) is 0 Å². The number of nitrogens with two attached hydrogens (primary N) is 1. The van der Waals surface area contributed by atoms with Crippen LogP contribution in [-0.2, 0) is 9.59 Å². The maximum absolute atomic E-state index is 12.6. The van der Waals surface area contributed by atoms with Gasteiger partial charge in [-0.15, -0.1) is 0 Å². The lowest BCUT2D eigenvalue weighted by atomic mass is 10.1. The van der Waals surface area contributed by atoms with E-state index in [4.69, 9.17) is 10.5 Å². The lowest BCUT2D eigenvalue weighted by Crippen LogP contribution is -2.49. The number of nitrogens with one attached hydrogen (secondary N) is 1. The molecule has 24 heavy (non-hydrogen) atoms. The molecule has 1 saturated heterocycles. The summed E-state index contributed by atoms with van der Waals surface area (Å²) in [6.45, 7) is 5.19. The van der Waals surface area contributed by atoms with Gasteiger partial charge in [-0.25, -0.2) is 4.98 Å². The van der Waals surface area contributed by atoms with Crippen molar-refractivity contribution in [2.75, 3.05) is 43.4 Å². The topological polar surface area (TPSA) is 101 Å². The average Bonchev–Trinajstić information content (AvgIpc) is 2.61. The number of pyridine rings is 1. The number of anilines is 2. The highest BCUT2D eigenvalue weighted by Gasteiger charge is 2.35. The van der Waals surface area contributed by atoms with Crippen molar-refractivity contribution < 1.29 is 14.3 Å². The minimum absolute atomic E-state index is 0.0503. The summed E-state index contributed by atoms with van der Waals surface area (Å²) in [5.74, 6) is 1.13. The van der Waals surface area contributed by atoms with Crippen LogP contribution in [0.2, 0.25) is 0 Å². The number of hydrogen-bond acceptors (Lipinski definition) is 6. The van der Waals surface area contributed by atoms with E-state index < -0.39 is 6.10 Å². The SMILES string of the molecule is CCC1Oc2ccc(N)nc2N(CCC(=O)N2CCNCC2)C1=O.